The first-order valence-electron chi connectivity index (χ1n) is 5.47. The Bertz CT molecular complexity index is 317. The number of likely N-dealkylation sites (N-methyl/N-ethyl adjacent to an activating group) is 1. The lowest BCUT2D eigenvalue weighted by Gasteiger charge is -2.21. The van der Waals surface area contributed by atoms with Crippen molar-refractivity contribution in [3.8, 4) is 0 Å². The van der Waals surface area contributed by atoms with Crippen LogP contribution in [0.3, 0.4) is 0 Å². The summed E-state index contributed by atoms with van der Waals surface area (Å²) in [5, 5.41) is 5.71. The third kappa shape index (κ3) is 3.06. The summed E-state index contributed by atoms with van der Waals surface area (Å²) in [7, 11) is 1.72. The average molecular weight is 225 g/mol. The van der Waals surface area contributed by atoms with Gasteiger partial charge in [0.05, 0.1) is 6.54 Å². The number of hydrogen-bond donors (Lipinski definition) is 2. The van der Waals surface area contributed by atoms with Crippen LogP contribution in [0.25, 0.3) is 0 Å². The summed E-state index contributed by atoms with van der Waals surface area (Å²) in [4.78, 5) is 24.6. The zero-order valence-electron chi connectivity index (χ0n) is 10.1. The number of hydrogen-bond acceptors (Lipinski definition) is 3. The summed E-state index contributed by atoms with van der Waals surface area (Å²) in [6.45, 7) is 5.97. The first kappa shape index (κ1) is 12.7. The molecule has 1 saturated heterocycles. The van der Waals surface area contributed by atoms with Gasteiger partial charge in [0.2, 0.25) is 11.8 Å². The van der Waals surface area contributed by atoms with E-state index in [-0.39, 0.29) is 18.4 Å². The van der Waals surface area contributed by atoms with Crippen molar-refractivity contribution in [1.82, 2.24) is 15.5 Å². The van der Waals surface area contributed by atoms with Gasteiger partial charge in [0.1, 0.15) is 0 Å². The highest BCUT2D eigenvalue weighted by atomic mass is 16.2. The first-order chi connectivity index (χ1) is 7.56. The van der Waals surface area contributed by atoms with Crippen LogP contribution in [0.15, 0.2) is 11.1 Å². The molecule has 0 aromatic heterocycles. The van der Waals surface area contributed by atoms with Crippen molar-refractivity contribution in [3.63, 3.8) is 0 Å². The lowest BCUT2D eigenvalue weighted by atomic mass is 10.0. The molecule has 0 spiro atoms. The molecule has 0 atom stereocenters. The summed E-state index contributed by atoms with van der Waals surface area (Å²) >= 11 is 0. The van der Waals surface area contributed by atoms with E-state index in [0.29, 0.717) is 6.54 Å². The summed E-state index contributed by atoms with van der Waals surface area (Å²) in [6, 6.07) is 0. The van der Waals surface area contributed by atoms with Crippen LogP contribution in [0.1, 0.15) is 13.8 Å². The molecule has 90 valence electrons. The molecule has 0 aliphatic carbocycles. The molecular weight excluding hydrogens is 206 g/mol. The van der Waals surface area contributed by atoms with Gasteiger partial charge in [-0.15, -0.1) is 0 Å². The van der Waals surface area contributed by atoms with E-state index in [1.54, 1.807) is 18.9 Å². The summed E-state index contributed by atoms with van der Waals surface area (Å²) < 4.78 is 0. The van der Waals surface area contributed by atoms with E-state index in [0.717, 1.165) is 24.2 Å². The fourth-order valence-electron chi connectivity index (χ4n) is 1.28. The van der Waals surface area contributed by atoms with Crippen molar-refractivity contribution in [2.75, 3.05) is 33.2 Å². The van der Waals surface area contributed by atoms with Crippen molar-refractivity contribution in [1.29, 1.82) is 0 Å². The minimum atomic E-state index is -0.144. The summed E-state index contributed by atoms with van der Waals surface area (Å²) in [5.74, 6) is -0.213. The van der Waals surface area contributed by atoms with E-state index in [1.807, 2.05) is 6.92 Å². The summed E-state index contributed by atoms with van der Waals surface area (Å²) in [5.41, 5.74) is 1.85. The van der Waals surface area contributed by atoms with Crippen LogP contribution in [0.5, 0.6) is 0 Å². The maximum Gasteiger partial charge on any atom is 0.247 e. The van der Waals surface area contributed by atoms with Gasteiger partial charge in [-0.1, -0.05) is 0 Å². The molecule has 0 saturated carbocycles. The van der Waals surface area contributed by atoms with Gasteiger partial charge in [-0.05, 0) is 19.4 Å². The van der Waals surface area contributed by atoms with Crippen molar-refractivity contribution < 1.29 is 9.59 Å². The molecule has 5 nitrogen and oxygen atoms in total. The van der Waals surface area contributed by atoms with Crippen LogP contribution in [-0.2, 0) is 9.59 Å². The molecule has 0 radical (unpaired) electrons. The van der Waals surface area contributed by atoms with Crippen LogP contribution in [-0.4, -0.2) is 49.9 Å². The van der Waals surface area contributed by atoms with Crippen LogP contribution in [0.2, 0.25) is 0 Å². The van der Waals surface area contributed by atoms with E-state index in [1.165, 1.54) is 0 Å². The highest BCUT2D eigenvalue weighted by Gasteiger charge is 2.16. The van der Waals surface area contributed by atoms with Gasteiger partial charge in [0.15, 0.2) is 0 Å². The van der Waals surface area contributed by atoms with Crippen LogP contribution in [0.4, 0.5) is 0 Å². The molecule has 1 fully saturated rings. The lowest BCUT2D eigenvalue weighted by molar-refractivity contribution is -0.130. The molecular formula is C11H19N3O2. The Morgan fingerprint density at radius 1 is 1.44 bits per heavy atom. The third-order valence-corrected chi connectivity index (χ3v) is 2.85. The summed E-state index contributed by atoms with van der Waals surface area (Å²) in [6.07, 6.45) is 0. The minimum Gasteiger partial charge on any atom is -0.345 e. The largest absolute Gasteiger partial charge is 0.345 e. The predicted octanol–water partition coefficient (Wildman–Crippen LogP) is -0.499. The number of carbonyl (C=O) groups excluding carboxylic acids is 2. The fourth-order valence-corrected chi connectivity index (χ4v) is 1.28. The molecule has 0 aromatic rings. The van der Waals surface area contributed by atoms with E-state index >= 15 is 0 Å². The molecule has 1 heterocycles. The highest BCUT2D eigenvalue weighted by molar-refractivity contribution is 5.96. The Morgan fingerprint density at radius 3 is 2.50 bits per heavy atom. The third-order valence-electron chi connectivity index (χ3n) is 2.85. The van der Waals surface area contributed by atoms with E-state index < -0.39 is 0 Å². The maximum absolute atomic E-state index is 11.6. The van der Waals surface area contributed by atoms with E-state index in [9.17, 15) is 9.59 Å². The monoisotopic (exact) mass is 225 g/mol. The minimum absolute atomic E-state index is 0.0691. The molecule has 2 amide bonds. The molecule has 5 heteroatoms. The fraction of sp³-hybridized carbons (Fsp3) is 0.636. The van der Waals surface area contributed by atoms with Gasteiger partial charge in [-0.2, -0.15) is 0 Å². The first-order valence-corrected chi connectivity index (χ1v) is 5.47. The molecule has 1 aliphatic rings. The molecule has 2 N–H and O–H groups in total. The quantitative estimate of drug-likeness (QED) is 0.634. The van der Waals surface area contributed by atoms with Gasteiger partial charge in [-0.3, -0.25) is 9.59 Å². The van der Waals surface area contributed by atoms with Crippen molar-refractivity contribution in [2.45, 2.75) is 13.8 Å². The molecule has 1 rings (SSSR count). The van der Waals surface area contributed by atoms with Crippen molar-refractivity contribution in [2.24, 2.45) is 0 Å². The van der Waals surface area contributed by atoms with Gasteiger partial charge in [-0.25, -0.2) is 0 Å². The molecule has 1 aliphatic heterocycles. The molecule has 0 aromatic carbocycles. The Labute approximate surface area is 95.9 Å². The highest BCUT2D eigenvalue weighted by Crippen LogP contribution is 2.08. The maximum atomic E-state index is 11.6. The van der Waals surface area contributed by atoms with Gasteiger partial charge in [0, 0.05) is 32.3 Å². The van der Waals surface area contributed by atoms with E-state index in [4.69, 9.17) is 0 Å². The Morgan fingerprint density at radius 2 is 2.06 bits per heavy atom. The van der Waals surface area contributed by atoms with Crippen LogP contribution in [0, 0.1) is 0 Å². The zero-order chi connectivity index (χ0) is 12.1. The number of nitrogens with zero attached hydrogens (tertiary/aromatic N) is 1. The molecule has 0 unspecified atom stereocenters. The average Bonchev–Trinajstić information content (AvgIpc) is 2.21. The van der Waals surface area contributed by atoms with Gasteiger partial charge >= 0.3 is 0 Å². The number of carbonyl (C=O) groups is 2. The Kier molecular flexibility index (Phi) is 4.49. The van der Waals surface area contributed by atoms with Crippen LogP contribution >= 0.6 is 0 Å². The van der Waals surface area contributed by atoms with Crippen molar-refractivity contribution in [3.05, 3.63) is 11.1 Å². The molecule has 0 bridgehead atoms. The number of nitrogens with one attached hydrogen (secondary N) is 2. The van der Waals surface area contributed by atoms with E-state index in [2.05, 4.69) is 10.6 Å². The second kappa shape index (κ2) is 5.65. The standard InChI is InChI=1S/C11H19N3O2/c1-4-14(3)10(15)7-13-11(16)8(2)9-5-12-6-9/h12H,4-7H2,1-3H3,(H,13,16). The van der Waals surface area contributed by atoms with Crippen molar-refractivity contribution >= 4 is 11.8 Å². The number of amides is 2. The zero-order valence-corrected chi connectivity index (χ0v) is 10.1. The smallest absolute Gasteiger partial charge is 0.247 e. The second-order valence-corrected chi connectivity index (χ2v) is 3.92. The topological polar surface area (TPSA) is 61.4 Å². The normalized spacial score (nSPS) is 14.1. The second-order valence-electron chi connectivity index (χ2n) is 3.92. The number of rotatable bonds is 4. The van der Waals surface area contributed by atoms with Gasteiger partial charge < -0.3 is 15.5 Å². The Hall–Kier alpha value is -1.36. The predicted molar refractivity (Wildman–Crippen MR) is 61.9 cm³/mol. The Balaban J connectivity index is 2.38. The van der Waals surface area contributed by atoms with Gasteiger partial charge in [0.25, 0.3) is 0 Å². The lowest BCUT2D eigenvalue weighted by Crippen LogP contribution is -2.41. The molecule has 16 heavy (non-hydrogen) atoms. The SMILES string of the molecule is CCN(C)C(=O)CNC(=O)C(C)=C1CNC1. The van der Waals surface area contributed by atoms with Crippen LogP contribution < -0.4 is 10.6 Å².